The summed E-state index contributed by atoms with van der Waals surface area (Å²) in [6.45, 7) is 10.0. The molecule has 0 aromatic carbocycles. The Morgan fingerprint density at radius 3 is 2.65 bits per heavy atom. The van der Waals surface area contributed by atoms with E-state index in [-0.39, 0.29) is 11.7 Å². The largest absolute Gasteiger partial charge is 0.432 e. The van der Waals surface area contributed by atoms with Gasteiger partial charge in [-0.1, -0.05) is 26.3 Å². The van der Waals surface area contributed by atoms with Crippen LogP contribution in [0.1, 0.15) is 76.0 Å². The van der Waals surface area contributed by atoms with Crippen molar-refractivity contribution in [2.45, 2.75) is 60.5 Å². The van der Waals surface area contributed by atoms with E-state index in [0.29, 0.717) is 25.0 Å². The molecule has 0 saturated carbocycles. The summed E-state index contributed by atoms with van der Waals surface area (Å²) in [4.78, 5) is 17.5. The lowest BCUT2D eigenvalue weighted by Crippen LogP contribution is -2.38. The predicted octanol–water partition coefficient (Wildman–Crippen LogP) is 5.63. The predicted molar refractivity (Wildman–Crippen MR) is 134 cm³/mol. The molecule has 3 aromatic rings. The minimum Gasteiger partial charge on any atom is -0.432 e. The molecule has 202 valence electrons. The highest BCUT2D eigenvalue weighted by Gasteiger charge is 2.31. The van der Waals surface area contributed by atoms with Crippen molar-refractivity contribution in [1.29, 1.82) is 0 Å². The quantitative estimate of drug-likeness (QED) is 0.437. The number of carbonyl (C=O) groups excluding carboxylic acids is 1. The summed E-state index contributed by atoms with van der Waals surface area (Å²) >= 11 is 0. The van der Waals surface area contributed by atoms with Crippen LogP contribution < -0.4 is 5.32 Å². The van der Waals surface area contributed by atoms with E-state index in [0.717, 1.165) is 17.7 Å². The Balaban J connectivity index is 0.000000330. The SMILES string of the molecule is CC.CCC(C)=CNC1=C(C)CN(C(=O)c2oc(CO)nc2C(F)F)CC1.Fc1cccn2nccc12. The highest BCUT2D eigenvalue weighted by atomic mass is 19.3. The topological polar surface area (TPSA) is 95.9 Å². The number of alkyl halides is 2. The number of aliphatic hydroxyl groups excluding tert-OH is 1. The molecule has 0 unspecified atom stereocenters. The third-order valence-electron chi connectivity index (χ3n) is 5.53. The van der Waals surface area contributed by atoms with Crippen LogP contribution in [0, 0.1) is 5.82 Å². The molecular formula is C26H34F3N5O3. The number of aromatic nitrogens is 3. The molecule has 4 rings (SSSR count). The minimum absolute atomic E-state index is 0.236. The van der Waals surface area contributed by atoms with Gasteiger partial charge in [-0.15, -0.1) is 0 Å². The summed E-state index contributed by atoms with van der Waals surface area (Å²) in [5.41, 5.74) is 2.99. The van der Waals surface area contributed by atoms with Gasteiger partial charge in [0.05, 0.1) is 6.20 Å². The highest BCUT2D eigenvalue weighted by molar-refractivity contribution is 5.93. The minimum atomic E-state index is -2.94. The Kier molecular flexibility index (Phi) is 11.4. The van der Waals surface area contributed by atoms with E-state index in [4.69, 9.17) is 9.52 Å². The molecule has 0 fully saturated rings. The molecule has 0 saturated heterocycles. The summed E-state index contributed by atoms with van der Waals surface area (Å²) in [5.74, 6) is -1.66. The maximum atomic E-state index is 13.1. The lowest BCUT2D eigenvalue weighted by molar-refractivity contribution is 0.0710. The molecule has 11 heteroatoms. The molecule has 0 spiro atoms. The van der Waals surface area contributed by atoms with Crippen LogP contribution in [0.4, 0.5) is 13.2 Å². The summed E-state index contributed by atoms with van der Waals surface area (Å²) in [6.07, 6.45) is 3.81. The number of nitrogens with zero attached hydrogens (tertiary/aromatic N) is 4. The van der Waals surface area contributed by atoms with Gasteiger partial charge >= 0.3 is 0 Å². The zero-order valence-electron chi connectivity index (χ0n) is 21.8. The first-order valence-electron chi connectivity index (χ1n) is 12.1. The number of amides is 1. The summed E-state index contributed by atoms with van der Waals surface area (Å²) in [7, 11) is 0. The third-order valence-corrected chi connectivity index (χ3v) is 5.53. The number of allylic oxidation sites excluding steroid dienone is 1. The van der Waals surface area contributed by atoms with Gasteiger partial charge in [0.15, 0.2) is 5.69 Å². The first kappa shape index (κ1) is 29.6. The Labute approximate surface area is 214 Å². The Morgan fingerprint density at radius 1 is 1.32 bits per heavy atom. The van der Waals surface area contributed by atoms with Crippen molar-refractivity contribution in [1.82, 2.24) is 24.8 Å². The van der Waals surface area contributed by atoms with Crippen LogP contribution >= 0.6 is 0 Å². The number of fused-ring (bicyclic) bond motifs is 1. The van der Waals surface area contributed by atoms with E-state index in [1.165, 1.54) is 21.1 Å². The Hall–Kier alpha value is -3.60. The molecule has 0 aliphatic carbocycles. The average molecular weight is 522 g/mol. The molecule has 0 atom stereocenters. The van der Waals surface area contributed by atoms with Crippen LogP contribution in [-0.2, 0) is 6.61 Å². The van der Waals surface area contributed by atoms with Crippen molar-refractivity contribution in [2.75, 3.05) is 13.1 Å². The van der Waals surface area contributed by atoms with Gasteiger partial charge in [0.1, 0.15) is 17.9 Å². The third kappa shape index (κ3) is 7.69. The van der Waals surface area contributed by atoms with Crippen LogP contribution in [0.15, 0.2) is 58.1 Å². The number of pyridine rings is 1. The van der Waals surface area contributed by atoms with E-state index in [9.17, 15) is 18.0 Å². The zero-order chi connectivity index (χ0) is 27.5. The number of aliphatic hydroxyl groups is 1. The van der Waals surface area contributed by atoms with Gasteiger partial charge < -0.3 is 19.7 Å². The molecule has 2 N–H and O–H groups in total. The van der Waals surface area contributed by atoms with E-state index in [1.807, 2.05) is 33.9 Å². The number of carbonyl (C=O) groups is 1. The molecular weight excluding hydrogens is 487 g/mol. The highest BCUT2D eigenvalue weighted by Crippen LogP contribution is 2.26. The smallest absolute Gasteiger partial charge is 0.292 e. The molecule has 3 aromatic heterocycles. The van der Waals surface area contributed by atoms with Crippen molar-refractivity contribution >= 4 is 11.4 Å². The van der Waals surface area contributed by atoms with Gasteiger partial charge in [-0.3, -0.25) is 4.79 Å². The number of halogens is 3. The monoisotopic (exact) mass is 521 g/mol. The summed E-state index contributed by atoms with van der Waals surface area (Å²) < 4.78 is 45.4. The molecule has 1 aliphatic heterocycles. The van der Waals surface area contributed by atoms with Crippen molar-refractivity contribution in [3.8, 4) is 0 Å². The number of hydrogen-bond acceptors (Lipinski definition) is 6. The van der Waals surface area contributed by atoms with Gasteiger partial charge in [-0.25, -0.2) is 22.7 Å². The molecule has 37 heavy (non-hydrogen) atoms. The lowest BCUT2D eigenvalue weighted by atomic mass is 10.1. The fourth-order valence-electron chi connectivity index (χ4n) is 3.41. The molecule has 0 radical (unpaired) electrons. The standard InChI is InChI=1S/C17H23F2N3O3.C7H5FN2.C2H6/c1-4-10(2)7-20-12-5-6-22(8-11(12)3)17(24)15-14(16(18)19)21-13(9-23)25-15;8-6-2-1-5-10-7(6)3-4-9-10;1-2/h7,16,20,23H,4-6,8-9H2,1-3H3;1-5H;1-2H3. The van der Waals surface area contributed by atoms with Crippen molar-refractivity contribution in [3.05, 3.63) is 76.8 Å². The zero-order valence-corrected chi connectivity index (χ0v) is 21.8. The van der Waals surface area contributed by atoms with Crippen LogP contribution in [0.5, 0.6) is 0 Å². The maximum absolute atomic E-state index is 13.1. The van der Waals surface area contributed by atoms with Crippen LogP contribution in [-0.4, -0.2) is 43.6 Å². The van der Waals surface area contributed by atoms with Crippen molar-refractivity contribution < 1.29 is 27.5 Å². The molecule has 1 amide bonds. The molecule has 4 heterocycles. The van der Waals surface area contributed by atoms with Gasteiger partial charge in [0.25, 0.3) is 12.3 Å². The fourth-order valence-corrected chi connectivity index (χ4v) is 3.41. The number of rotatable bonds is 6. The van der Waals surface area contributed by atoms with Gasteiger partial charge in [-0.2, -0.15) is 5.10 Å². The van der Waals surface area contributed by atoms with E-state index in [2.05, 4.69) is 22.3 Å². The van der Waals surface area contributed by atoms with E-state index >= 15 is 0 Å². The first-order chi connectivity index (χ1) is 17.7. The van der Waals surface area contributed by atoms with Gasteiger partial charge in [0, 0.05) is 31.4 Å². The van der Waals surface area contributed by atoms with Crippen LogP contribution in [0.2, 0.25) is 0 Å². The van der Waals surface area contributed by atoms with Crippen molar-refractivity contribution in [3.63, 3.8) is 0 Å². The second-order valence-electron chi connectivity index (χ2n) is 8.02. The van der Waals surface area contributed by atoms with Crippen LogP contribution in [0.25, 0.3) is 5.52 Å². The van der Waals surface area contributed by atoms with Crippen LogP contribution in [0.3, 0.4) is 0 Å². The Morgan fingerprint density at radius 2 is 2.05 bits per heavy atom. The molecule has 8 nitrogen and oxygen atoms in total. The Bertz CT molecular complexity index is 1230. The molecule has 1 aliphatic rings. The average Bonchev–Trinajstić information content (AvgIpc) is 3.57. The number of oxazole rings is 1. The maximum Gasteiger partial charge on any atom is 0.292 e. The first-order valence-corrected chi connectivity index (χ1v) is 12.1. The number of nitrogens with one attached hydrogen (secondary N) is 1. The van der Waals surface area contributed by atoms with Crippen molar-refractivity contribution in [2.24, 2.45) is 0 Å². The van der Waals surface area contributed by atoms with Gasteiger partial charge in [0.2, 0.25) is 11.7 Å². The normalized spacial score (nSPS) is 13.8. The second-order valence-corrected chi connectivity index (χ2v) is 8.02. The van der Waals surface area contributed by atoms with E-state index < -0.39 is 30.4 Å². The van der Waals surface area contributed by atoms with E-state index in [1.54, 1.807) is 24.5 Å². The summed E-state index contributed by atoms with van der Waals surface area (Å²) in [5, 5.41) is 16.1. The summed E-state index contributed by atoms with van der Waals surface area (Å²) in [6, 6.07) is 4.67. The second kappa shape index (κ2) is 14.2. The molecule has 0 bridgehead atoms. The lowest BCUT2D eigenvalue weighted by Gasteiger charge is -2.29. The number of hydrogen-bond donors (Lipinski definition) is 2. The fraction of sp³-hybridized carbons (Fsp3) is 0.423. The van der Waals surface area contributed by atoms with Gasteiger partial charge in [-0.05, 0) is 50.2 Å².